The molecule has 0 aliphatic rings. The van der Waals surface area contributed by atoms with Crippen molar-refractivity contribution in [1.82, 2.24) is 4.98 Å². The maximum absolute atomic E-state index is 12.2. The molecule has 0 unspecified atom stereocenters. The van der Waals surface area contributed by atoms with Gasteiger partial charge in [0, 0.05) is 5.69 Å². The van der Waals surface area contributed by atoms with Gasteiger partial charge in [0.05, 0.1) is 22.9 Å². The number of benzene rings is 1. The van der Waals surface area contributed by atoms with E-state index >= 15 is 0 Å². The van der Waals surface area contributed by atoms with Gasteiger partial charge in [-0.15, -0.1) is 0 Å². The van der Waals surface area contributed by atoms with Crippen LogP contribution >= 0.6 is 11.8 Å². The Morgan fingerprint density at radius 1 is 1.32 bits per heavy atom. The number of nitrogens with two attached hydrogens (primary N) is 1. The molecule has 1 aromatic heterocycles. The molecule has 22 heavy (non-hydrogen) atoms. The maximum Gasteiger partial charge on any atom is 0.259 e. The highest BCUT2D eigenvalue weighted by molar-refractivity contribution is 7.99. The van der Waals surface area contributed by atoms with E-state index in [4.69, 9.17) is 16.3 Å². The zero-order valence-corrected chi connectivity index (χ0v) is 12.2. The zero-order valence-electron chi connectivity index (χ0n) is 11.4. The van der Waals surface area contributed by atoms with Crippen molar-refractivity contribution < 1.29 is 4.79 Å². The third kappa shape index (κ3) is 3.54. The van der Waals surface area contributed by atoms with Crippen LogP contribution < -0.4 is 11.1 Å². The third-order valence-electron chi connectivity index (χ3n) is 2.69. The van der Waals surface area contributed by atoms with Crippen molar-refractivity contribution in [2.45, 2.75) is 5.03 Å². The van der Waals surface area contributed by atoms with Gasteiger partial charge in [0.1, 0.15) is 16.9 Å². The smallest absolute Gasteiger partial charge is 0.259 e. The van der Waals surface area contributed by atoms with Crippen LogP contribution in [0.25, 0.3) is 0 Å². The van der Waals surface area contributed by atoms with E-state index < -0.39 is 5.91 Å². The zero-order chi connectivity index (χ0) is 15.9. The summed E-state index contributed by atoms with van der Waals surface area (Å²) in [6.45, 7) is 0. The van der Waals surface area contributed by atoms with Gasteiger partial charge in [0.25, 0.3) is 5.91 Å². The number of carbonyl (C=O) groups is 1. The molecule has 1 aromatic carbocycles. The van der Waals surface area contributed by atoms with Gasteiger partial charge in [-0.05, 0) is 18.2 Å². The van der Waals surface area contributed by atoms with E-state index in [1.165, 1.54) is 6.07 Å². The number of hydrogen-bond acceptors (Lipinski definition) is 6. The van der Waals surface area contributed by atoms with E-state index in [1.54, 1.807) is 24.3 Å². The Kier molecular flexibility index (Phi) is 4.97. The SMILES string of the molecule is N#CCSc1nc(N)c(C(=O)Nc2ccccc2)cc1C#N. The predicted molar refractivity (Wildman–Crippen MR) is 84.1 cm³/mol. The highest BCUT2D eigenvalue weighted by atomic mass is 32.2. The number of nitriles is 2. The van der Waals surface area contributed by atoms with Crippen molar-refractivity contribution in [2.24, 2.45) is 0 Å². The molecular weight excluding hydrogens is 298 g/mol. The fourth-order valence-electron chi connectivity index (χ4n) is 1.70. The first-order valence-electron chi connectivity index (χ1n) is 6.22. The number of amides is 1. The van der Waals surface area contributed by atoms with E-state index in [0.717, 1.165) is 11.8 Å². The summed E-state index contributed by atoms with van der Waals surface area (Å²) >= 11 is 1.10. The molecule has 6 nitrogen and oxygen atoms in total. The van der Waals surface area contributed by atoms with Crippen LogP contribution in [0.2, 0.25) is 0 Å². The minimum Gasteiger partial charge on any atom is -0.383 e. The first-order chi connectivity index (χ1) is 10.7. The van der Waals surface area contributed by atoms with E-state index in [0.29, 0.717) is 10.7 Å². The number of thioether (sulfide) groups is 1. The lowest BCUT2D eigenvalue weighted by Crippen LogP contribution is -2.15. The number of pyridine rings is 1. The summed E-state index contributed by atoms with van der Waals surface area (Å²) in [6, 6.07) is 14.2. The third-order valence-corrected chi connectivity index (χ3v) is 3.55. The predicted octanol–water partition coefficient (Wildman–Crippen LogP) is 2.40. The summed E-state index contributed by atoms with van der Waals surface area (Å²) in [4.78, 5) is 16.3. The fraction of sp³-hybridized carbons (Fsp3) is 0.0667. The normalized spacial score (nSPS) is 9.55. The summed E-state index contributed by atoms with van der Waals surface area (Å²) in [5.74, 6) is -0.270. The van der Waals surface area contributed by atoms with Crippen molar-refractivity contribution in [2.75, 3.05) is 16.8 Å². The topological polar surface area (TPSA) is 116 Å². The molecule has 7 heteroatoms. The average Bonchev–Trinajstić information content (AvgIpc) is 2.53. The second kappa shape index (κ2) is 7.11. The fourth-order valence-corrected chi connectivity index (χ4v) is 2.33. The Morgan fingerprint density at radius 3 is 2.68 bits per heavy atom. The number of para-hydroxylation sites is 1. The molecule has 0 aliphatic heterocycles. The summed E-state index contributed by atoms with van der Waals surface area (Å²) in [5, 5.41) is 20.8. The number of carbonyl (C=O) groups excluding carboxylic acids is 1. The molecule has 3 N–H and O–H groups in total. The van der Waals surface area contributed by atoms with Crippen LogP contribution in [-0.4, -0.2) is 16.6 Å². The first kappa shape index (κ1) is 15.4. The molecule has 0 radical (unpaired) electrons. The first-order valence-corrected chi connectivity index (χ1v) is 7.21. The van der Waals surface area contributed by atoms with Crippen LogP contribution in [0.4, 0.5) is 11.5 Å². The van der Waals surface area contributed by atoms with E-state index in [1.807, 2.05) is 18.2 Å². The van der Waals surface area contributed by atoms with Crippen LogP contribution in [0.5, 0.6) is 0 Å². The summed E-state index contributed by atoms with van der Waals surface area (Å²) < 4.78 is 0. The van der Waals surface area contributed by atoms with E-state index in [9.17, 15) is 4.79 Å². The quantitative estimate of drug-likeness (QED) is 0.838. The second-order valence-electron chi connectivity index (χ2n) is 4.15. The molecule has 0 bridgehead atoms. The average molecular weight is 309 g/mol. The number of nitrogen functional groups attached to an aromatic ring is 1. The molecule has 2 aromatic rings. The largest absolute Gasteiger partial charge is 0.383 e. The minimum absolute atomic E-state index is 0.0212. The number of aromatic nitrogens is 1. The van der Waals surface area contributed by atoms with E-state index in [-0.39, 0.29) is 22.7 Å². The van der Waals surface area contributed by atoms with Crippen LogP contribution in [0, 0.1) is 22.7 Å². The van der Waals surface area contributed by atoms with Gasteiger partial charge >= 0.3 is 0 Å². The molecular formula is C15H11N5OS. The highest BCUT2D eigenvalue weighted by Crippen LogP contribution is 2.24. The molecule has 0 saturated carbocycles. The lowest BCUT2D eigenvalue weighted by Gasteiger charge is -2.09. The number of nitrogens with one attached hydrogen (secondary N) is 1. The molecule has 1 amide bonds. The highest BCUT2D eigenvalue weighted by Gasteiger charge is 2.16. The van der Waals surface area contributed by atoms with Gasteiger partial charge in [0.2, 0.25) is 0 Å². The summed E-state index contributed by atoms with van der Waals surface area (Å²) in [7, 11) is 0. The van der Waals surface area contributed by atoms with Crippen molar-refractivity contribution in [3.63, 3.8) is 0 Å². The van der Waals surface area contributed by atoms with Crippen LogP contribution in [0.1, 0.15) is 15.9 Å². The molecule has 108 valence electrons. The molecule has 0 atom stereocenters. The second-order valence-corrected chi connectivity index (χ2v) is 5.12. The van der Waals surface area contributed by atoms with Crippen molar-refractivity contribution in [3.05, 3.63) is 47.5 Å². The summed E-state index contributed by atoms with van der Waals surface area (Å²) in [6.07, 6.45) is 0. The maximum atomic E-state index is 12.2. The van der Waals surface area contributed by atoms with Crippen molar-refractivity contribution in [3.8, 4) is 12.1 Å². The van der Waals surface area contributed by atoms with Gasteiger partial charge in [-0.2, -0.15) is 10.5 Å². The van der Waals surface area contributed by atoms with Crippen LogP contribution in [-0.2, 0) is 0 Å². The Morgan fingerprint density at radius 2 is 2.05 bits per heavy atom. The Bertz CT molecular complexity index is 777. The molecule has 2 rings (SSSR count). The number of hydrogen-bond donors (Lipinski definition) is 2. The van der Waals surface area contributed by atoms with Gasteiger partial charge in [-0.3, -0.25) is 4.79 Å². The molecule has 0 fully saturated rings. The Hall–Kier alpha value is -3.03. The van der Waals surface area contributed by atoms with Gasteiger partial charge in [-0.25, -0.2) is 4.98 Å². The summed E-state index contributed by atoms with van der Waals surface area (Å²) in [5.41, 5.74) is 6.75. The molecule has 0 saturated heterocycles. The number of rotatable bonds is 4. The Labute approximate surface area is 131 Å². The Balaban J connectivity index is 2.30. The van der Waals surface area contributed by atoms with Gasteiger partial charge in [0.15, 0.2) is 0 Å². The van der Waals surface area contributed by atoms with Gasteiger partial charge < -0.3 is 11.1 Å². The lowest BCUT2D eigenvalue weighted by atomic mass is 10.2. The van der Waals surface area contributed by atoms with E-state index in [2.05, 4.69) is 10.3 Å². The lowest BCUT2D eigenvalue weighted by molar-refractivity contribution is 0.102. The minimum atomic E-state index is -0.440. The number of nitrogens with zero attached hydrogens (tertiary/aromatic N) is 3. The molecule has 1 heterocycles. The van der Waals surface area contributed by atoms with Crippen LogP contribution in [0.15, 0.2) is 41.4 Å². The van der Waals surface area contributed by atoms with Gasteiger partial charge in [-0.1, -0.05) is 30.0 Å². The van der Waals surface area contributed by atoms with Crippen molar-refractivity contribution >= 4 is 29.2 Å². The standard InChI is InChI=1S/C15H11N5OS/c16-6-7-22-15-10(9-17)8-12(13(18)20-15)14(21)19-11-4-2-1-3-5-11/h1-5,8H,7H2,(H2,18,20)(H,19,21). The van der Waals surface area contributed by atoms with Crippen LogP contribution in [0.3, 0.4) is 0 Å². The van der Waals surface area contributed by atoms with Crippen molar-refractivity contribution in [1.29, 1.82) is 10.5 Å². The molecule has 0 aliphatic carbocycles. The monoisotopic (exact) mass is 309 g/mol. The molecule has 0 spiro atoms. The number of anilines is 2.